The van der Waals surface area contributed by atoms with E-state index in [4.69, 9.17) is 12.2 Å². The van der Waals surface area contributed by atoms with Crippen LogP contribution in [-0.4, -0.2) is 15.3 Å². The molecule has 0 unspecified atom stereocenters. The van der Waals surface area contributed by atoms with Crippen molar-refractivity contribution in [3.05, 3.63) is 68.2 Å². The summed E-state index contributed by atoms with van der Waals surface area (Å²) in [5, 5.41) is 11.6. The van der Waals surface area contributed by atoms with Crippen LogP contribution in [-0.2, 0) is 0 Å². The molecular formula is C17H16N4O2S. The summed E-state index contributed by atoms with van der Waals surface area (Å²) in [6, 6.07) is 10.9. The standard InChI is InChI=1S/C17H16N4O2S/c1-9-6-7-11(8-10(9)2)18-17(24)19-13-5-3-4-12-14(13)16(23)21-20-15(12)22/h3-8H,1-2H3,(H,20,22)(H,21,23)(H2,18,19,24). The number of aromatic nitrogens is 2. The predicted octanol–water partition coefficient (Wildman–Crippen LogP) is 2.64. The molecule has 0 atom stereocenters. The molecule has 0 bridgehead atoms. The summed E-state index contributed by atoms with van der Waals surface area (Å²) in [6.07, 6.45) is 0. The van der Waals surface area contributed by atoms with Crippen molar-refractivity contribution >= 4 is 39.5 Å². The average molecular weight is 340 g/mol. The van der Waals surface area contributed by atoms with Crippen LogP contribution in [0, 0.1) is 13.8 Å². The molecule has 0 fully saturated rings. The summed E-state index contributed by atoms with van der Waals surface area (Å²) in [4.78, 5) is 23.9. The van der Waals surface area contributed by atoms with Gasteiger partial charge in [0.15, 0.2) is 5.11 Å². The van der Waals surface area contributed by atoms with Crippen LogP contribution in [0.2, 0.25) is 0 Å². The number of aromatic amines is 2. The van der Waals surface area contributed by atoms with Gasteiger partial charge in [-0.3, -0.25) is 19.8 Å². The van der Waals surface area contributed by atoms with Crippen molar-refractivity contribution in [1.29, 1.82) is 0 Å². The Bertz CT molecular complexity index is 1050. The second-order valence-corrected chi connectivity index (χ2v) is 5.92. The van der Waals surface area contributed by atoms with E-state index in [1.807, 2.05) is 32.0 Å². The Morgan fingerprint density at radius 1 is 0.958 bits per heavy atom. The fourth-order valence-corrected chi connectivity index (χ4v) is 2.67. The minimum atomic E-state index is -0.387. The van der Waals surface area contributed by atoms with Gasteiger partial charge in [0.05, 0.1) is 16.5 Å². The van der Waals surface area contributed by atoms with Crippen molar-refractivity contribution in [2.45, 2.75) is 13.8 Å². The van der Waals surface area contributed by atoms with Crippen LogP contribution < -0.4 is 21.8 Å². The predicted molar refractivity (Wildman–Crippen MR) is 101 cm³/mol. The van der Waals surface area contributed by atoms with Gasteiger partial charge in [0.1, 0.15) is 0 Å². The van der Waals surface area contributed by atoms with E-state index in [0.29, 0.717) is 16.2 Å². The van der Waals surface area contributed by atoms with Crippen molar-refractivity contribution in [2.24, 2.45) is 0 Å². The number of hydrogen-bond acceptors (Lipinski definition) is 3. The number of rotatable bonds is 2. The number of aryl methyl sites for hydroxylation is 2. The number of anilines is 2. The summed E-state index contributed by atoms with van der Waals surface area (Å²) < 4.78 is 0. The third-order valence-electron chi connectivity index (χ3n) is 3.84. The van der Waals surface area contributed by atoms with Gasteiger partial charge in [-0.05, 0) is 61.5 Å². The molecule has 0 aliphatic carbocycles. The highest BCUT2D eigenvalue weighted by molar-refractivity contribution is 7.80. The molecule has 1 aromatic heterocycles. The summed E-state index contributed by atoms with van der Waals surface area (Å²) in [6.45, 7) is 4.06. The second kappa shape index (κ2) is 6.29. The van der Waals surface area contributed by atoms with Gasteiger partial charge in [-0.15, -0.1) is 0 Å². The Labute approximate surface area is 142 Å². The lowest BCUT2D eigenvalue weighted by molar-refractivity contribution is 0.977. The normalized spacial score (nSPS) is 10.6. The number of nitrogens with one attached hydrogen (secondary N) is 4. The molecule has 0 saturated heterocycles. The van der Waals surface area contributed by atoms with Crippen molar-refractivity contribution in [3.63, 3.8) is 0 Å². The molecule has 0 amide bonds. The van der Waals surface area contributed by atoms with Crippen LogP contribution in [0.4, 0.5) is 11.4 Å². The van der Waals surface area contributed by atoms with Crippen LogP contribution in [0.25, 0.3) is 10.8 Å². The van der Waals surface area contributed by atoms with Gasteiger partial charge in [0.2, 0.25) is 0 Å². The Morgan fingerprint density at radius 2 is 1.71 bits per heavy atom. The first-order valence-corrected chi connectivity index (χ1v) is 7.75. The van der Waals surface area contributed by atoms with Crippen molar-refractivity contribution in [2.75, 3.05) is 10.6 Å². The van der Waals surface area contributed by atoms with Crippen molar-refractivity contribution in [3.8, 4) is 0 Å². The highest BCUT2D eigenvalue weighted by atomic mass is 32.1. The first-order chi connectivity index (χ1) is 11.5. The van der Waals surface area contributed by atoms with E-state index in [1.165, 1.54) is 5.56 Å². The molecule has 4 N–H and O–H groups in total. The molecule has 122 valence electrons. The Morgan fingerprint density at radius 3 is 2.46 bits per heavy atom. The van der Waals surface area contributed by atoms with Gasteiger partial charge in [0, 0.05) is 5.69 Å². The number of H-pyrrole nitrogens is 2. The largest absolute Gasteiger partial charge is 0.332 e. The lowest BCUT2D eigenvalue weighted by Gasteiger charge is -2.13. The van der Waals surface area contributed by atoms with Crippen LogP contribution in [0.1, 0.15) is 11.1 Å². The molecule has 24 heavy (non-hydrogen) atoms. The third-order valence-corrected chi connectivity index (χ3v) is 4.04. The maximum Gasteiger partial charge on any atom is 0.272 e. The Hall–Kier alpha value is -2.93. The number of hydrogen-bond donors (Lipinski definition) is 4. The van der Waals surface area contributed by atoms with Gasteiger partial charge in [0.25, 0.3) is 11.1 Å². The molecule has 0 saturated carbocycles. The Kier molecular flexibility index (Phi) is 4.18. The number of fused-ring (bicyclic) bond motifs is 1. The monoisotopic (exact) mass is 340 g/mol. The Balaban J connectivity index is 1.91. The average Bonchev–Trinajstić information content (AvgIpc) is 2.54. The molecule has 3 rings (SSSR count). The minimum Gasteiger partial charge on any atom is -0.332 e. The van der Waals surface area contributed by atoms with Crippen molar-refractivity contribution < 1.29 is 0 Å². The molecule has 6 nitrogen and oxygen atoms in total. The van der Waals surface area contributed by atoms with Crippen LogP contribution >= 0.6 is 12.2 Å². The fourth-order valence-electron chi connectivity index (χ4n) is 2.44. The smallest absolute Gasteiger partial charge is 0.272 e. The first-order valence-electron chi connectivity index (χ1n) is 7.34. The zero-order valence-electron chi connectivity index (χ0n) is 13.2. The molecule has 1 heterocycles. The van der Waals surface area contributed by atoms with Gasteiger partial charge >= 0.3 is 0 Å². The van der Waals surface area contributed by atoms with Gasteiger partial charge < -0.3 is 10.6 Å². The van der Waals surface area contributed by atoms with Crippen LogP contribution in [0.5, 0.6) is 0 Å². The van der Waals surface area contributed by atoms with E-state index in [2.05, 4.69) is 20.8 Å². The van der Waals surface area contributed by atoms with Crippen LogP contribution in [0.15, 0.2) is 46.0 Å². The molecule has 0 spiro atoms. The second-order valence-electron chi connectivity index (χ2n) is 5.51. The summed E-state index contributed by atoms with van der Waals surface area (Å²) in [5.74, 6) is 0. The summed E-state index contributed by atoms with van der Waals surface area (Å²) in [7, 11) is 0. The number of benzene rings is 2. The molecule has 7 heteroatoms. The summed E-state index contributed by atoms with van der Waals surface area (Å²) >= 11 is 5.31. The molecule has 0 radical (unpaired) electrons. The van der Waals surface area contributed by atoms with E-state index >= 15 is 0 Å². The van der Waals surface area contributed by atoms with E-state index in [9.17, 15) is 9.59 Å². The lowest BCUT2D eigenvalue weighted by atomic mass is 10.1. The molecule has 0 aliphatic heterocycles. The maximum absolute atomic E-state index is 12.0. The van der Waals surface area contributed by atoms with E-state index < -0.39 is 0 Å². The minimum absolute atomic E-state index is 0.269. The third kappa shape index (κ3) is 3.07. The number of thiocarbonyl (C=S) groups is 1. The SMILES string of the molecule is Cc1ccc(NC(=S)Nc2cccc3c(=O)[nH][nH]c(=O)c23)cc1C. The highest BCUT2D eigenvalue weighted by Gasteiger charge is 2.09. The zero-order valence-corrected chi connectivity index (χ0v) is 14.0. The fraction of sp³-hybridized carbons (Fsp3) is 0.118. The van der Waals surface area contributed by atoms with E-state index in [0.717, 1.165) is 11.3 Å². The first kappa shape index (κ1) is 15.9. The molecular weight excluding hydrogens is 324 g/mol. The summed E-state index contributed by atoms with van der Waals surface area (Å²) in [5.41, 5.74) is 2.92. The van der Waals surface area contributed by atoms with Crippen LogP contribution in [0.3, 0.4) is 0 Å². The quantitative estimate of drug-likeness (QED) is 0.539. The van der Waals surface area contributed by atoms with E-state index in [1.54, 1.807) is 18.2 Å². The van der Waals surface area contributed by atoms with Gasteiger partial charge in [-0.2, -0.15) is 0 Å². The van der Waals surface area contributed by atoms with Gasteiger partial charge in [-0.1, -0.05) is 12.1 Å². The van der Waals surface area contributed by atoms with Crippen molar-refractivity contribution in [1.82, 2.24) is 10.2 Å². The molecule has 3 aromatic rings. The molecule has 2 aromatic carbocycles. The maximum atomic E-state index is 12.0. The van der Waals surface area contributed by atoms with Gasteiger partial charge in [-0.25, -0.2) is 0 Å². The highest BCUT2D eigenvalue weighted by Crippen LogP contribution is 2.18. The zero-order chi connectivity index (χ0) is 17.3. The lowest BCUT2D eigenvalue weighted by Crippen LogP contribution is -2.23. The topological polar surface area (TPSA) is 89.8 Å². The van der Waals surface area contributed by atoms with E-state index in [-0.39, 0.29) is 16.5 Å². The molecule has 0 aliphatic rings.